The Morgan fingerprint density at radius 1 is 1.19 bits per heavy atom. The van der Waals surface area contributed by atoms with E-state index in [-0.39, 0.29) is 17.6 Å². The quantitative estimate of drug-likeness (QED) is 0.676. The number of fused-ring (bicyclic) bond motifs is 1. The smallest absolute Gasteiger partial charge is 0.292 e. The summed E-state index contributed by atoms with van der Waals surface area (Å²) in [4.78, 5) is 22.5. The third-order valence-corrected chi connectivity index (χ3v) is 2.82. The predicted molar refractivity (Wildman–Crippen MR) is 62.5 cm³/mol. The van der Waals surface area contributed by atoms with Gasteiger partial charge in [-0.15, -0.1) is 0 Å². The molecule has 0 saturated heterocycles. The zero-order valence-corrected chi connectivity index (χ0v) is 9.76. The van der Waals surface area contributed by atoms with Crippen LogP contribution in [0, 0.1) is 0 Å². The number of Topliss-reactive ketones (excluding diaryl/α,β-unsaturated/α-hetero) is 1. The van der Waals surface area contributed by atoms with Crippen LogP contribution in [-0.2, 0) is 21.4 Å². The minimum absolute atomic E-state index is 0.0551. The van der Waals surface area contributed by atoms with Crippen LogP contribution in [0.1, 0.15) is 31.9 Å². The minimum atomic E-state index is -0.504. The van der Waals surface area contributed by atoms with E-state index >= 15 is 0 Å². The summed E-state index contributed by atoms with van der Waals surface area (Å²) in [5, 5.41) is 2.60. The first kappa shape index (κ1) is 10.9. The van der Waals surface area contributed by atoms with Gasteiger partial charge in [0.25, 0.3) is 5.91 Å². The van der Waals surface area contributed by atoms with E-state index in [1.807, 2.05) is 18.2 Å². The molecule has 0 radical (unpaired) electrons. The molecule has 3 nitrogen and oxygen atoms in total. The van der Waals surface area contributed by atoms with E-state index in [0.29, 0.717) is 0 Å². The number of benzene rings is 1. The molecular formula is C13H15NO2. The van der Waals surface area contributed by atoms with Gasteiger partial charge >= 0.3 is 0 Å². The summed E-state index contributed by atoms with van der Waals surface area (Å²) in [5.74, 6) is -0.866. The Morgan fingerprint density at radius 2 is 1.88 bits per heavy atom. The molecule has 0 spiro atoms. The van der Waals surface area contributed by atoms with Crippen LogP contribution in [0.15, 0.2) is 18.2 Å². The first-order valence-electron chi connectivity index (χ1n) is 5.35. The lowest BCUT2D eigenvalue weighted by molar-refractivity contribution is -0.134. The number of ketones is 1. The lowest BCUT2D eigenvalue weighted by atomic mass is 9.85. The molecule has 1 aliphatic rings. The molecule has 1 aromatic rings. The highest BCUT2D eigenvalue weighted by atomic mass is 16.2. The topological polar surface area (TPSA) is 46.2 Å². The Morgan fingerprint density at radius 3 is 2.50 bits per heavy atom. The molecule has 3 heteroatoms. The molecule has 0 atom stereocenters. The van der Waals surface area contributed by atoms with Gasteiger partial charge in [-0.1, -0.05) is 32.9 Å². The van der Waals surface area contributed by atoms with Gasteiger partial charge in [-0.3, -0.25) is 9.59 Å². The largest absolute Gasteiger partial charge is 0.319 e. The van der Waals surface area contributed by atoms with Crippen molar-refractivity contribution in [1.29, 1.82) is 0 Å². The molecule has 0 unspecified atom stereocenters. The summed E-state index contributed by atoms with van der Waals surface area (Å²) in [5.41, 5.74) is 2.91. The lowest BCUT2D eigenvalue weighted by Crippen LogP contribution is -2.30. The van der Waals surface area contributed by atoms with E-state index in [4.69, 9.17) is 0 Å². The van der Waals surface area contributed by atoms with Crippen LogP contribution in [0.3, 0.4) is 0 Å². The molecule has 2 rings (SSSR count). The molecule has 1 aromatic carbocycles. The third-order valence-electron chi connectivity index (χ3n) is 2.82. The summed E-state index contributed by atoms with van der Waals surface area (Å²) in [7, 11) is 0. The van der Waals surface area contributed by atoms with Crippen molar-refractivity contribution in [3.63, 3.8) is 0 Å². The number of anilines is 1. The highest BCUT2D eigenvalue weighted by Crippen LogP contribution is 2.28. The molecular weight excluding hydrogens is 202 g/mol. The summed E-state index contributed by atoms with van der Waals surface area (Å²) in [6.45, 7) is 6.37. The molecule has 16 heavy (non-hydrogen) atoms. The van der Waals surface area contributed by atoms with Crippen molar-refractivity contribution in [2.24, 2.45) is 0 Å². The Bertz CT molecular complexity index is 469. The molecule has 0 bridgehead atoms. The molecule has 1 N–H and O–H groups in total. The van der Waals surface area contributed by atoms with Crippen molar-refractivity contribution in [3.8, 4) is 0 Å². The van der Waals surface area contributed by atoms with Crippen LogP contribution in [0.25, 0.3) is 0 Å². The van der Waals surface area contributed by atoms with E-state index in [9.17, 15) is 9.59 Å². The molecule has 1 amide bonds. The highest BCUT2D eigenvalue weighted by molar-refractivity contribution is 6.42. The van der Waals surface area contributed by atoms with Crippen LogP contribution >= 0.6 is 0 Å². The second-order valence-electron chi connectivity index (χ2n) is 5.18. The maximum absolute atomic E-state index is 11.3. The molecule has 0 saturated carbocycles. The molecule has 1 heterocycles. The van der Waals surface area contributed by atoms with Gasteiger partial charge < -0.3 is 5.32 Å². The van der Waals surface area contributed by atoms with Gasteiger partial charge in [-0.05, 0) is 22.6 Å². The maximum atomic E-state index is 11.3. The van der Waals surface area contributed by atoms with Crippen LogP contribution in [-0.4, -0.2) is 11.7 Å². The minimum Gasteiger partial charge on any atom is -0.319 e. The van der Waals surface area contributed by atoms with Crippen molar-refractivity contribution in [2.45, 2.75) is 32.6 Å². The average molecular weight is 217 g/mol. The SMILES string of the molecule is CC(C)(C)c1ccc2c(c1)CC(=O)C(=O)N2. The van der Waals surface area contributed by atoms with Gasteiger partial charge in [0.2, 0.25) is 5.78 Å². The predicted octanol–water partition coefficient (Wildman–Crippen LogP) is 2.05. The molecule has 0 fully saturated rings. The van der Waals surface area contributed by atoms with Crippen molar-refractivity contribution < 1.29 is 9.59 Å². The van der Waals surface area contributed by atoms with Crippen LogP contribution in [0.2, 0.25) is 0 Å². The fourth-order valence-electron chi connectivity index (χ4n) is 1.77. The fourth-order valence-corrected chi connectivity index (χ4v) is 1.77. The van der Waals surface area contributed by atoms with Gasteiger partial charge in [0.1, 0.15) is 0 Å². The monoisotopic (exact) mass is 217 g/mol. The summed E-state index contributed by atoms with van der Waals surface area (Å²) < 4.78 is 0. The summed E-state index contributed by atoms with van der Waals surface area (Å²) in [6, 6.07) is 5.88. The van der Waals surface area contributed by atoms with Crippen molar-refractivity contribution >= 4 is 17.4 Å². The Kier molecular flexibility index (Phi) is 2.34. The van der Waals surface area contributed by atoms with Gasteiger partial charge in [0, 0.05) is 12.1 Å². The van der Waals surface area contributed by atoms with Crippen LogP contribution in [0.4, 0.5) is 5.69 Å². The first-order chi connectivity index (χ1) is 7.38. The Balaban J connectivity index is 2.44. The number of nitrogens with one attached hydrogen (secondary N) is 1. The van der Waals surface area contributed by atoms with Crippen LogP contribution in [0.5, 0.6) is 0 Å². The Labute approximate surface area is 94.9 Å². The second-order valence-corrected chi connectivity index (χ2v) is 5.18. The normalized spacial score (nSPS) is 15.7. The van der Waals surface area contributed by atoms with Crippen molar-refractivity contribution in [1.82, 2.24) is 0 Å². The number of hydrogen-bond donors (Lipinski definition) is 1. The van der Waals surface area contributed by atoms with E-state index in [0.717, 1.165) is 11.3 Å². The maximum Gasteiger partial charge on any atom is 0.292 e. The second kappa shape index (κ2) is 3.44. The van der Waals surface area contributed by atoms with E-state index in [1.165, 1.54) is 5.56 Å². The third kappa shape index (κ3) is 1.85. The van der Waals surface area contributed by atoms with Gasteiger partial charge in [-0.25, -0.2) is 0 Å². The average Bonchev–Trinajstić information content (AvgIpc) is 2.17. The zero-order chi connectivity index (χ0) is 11.9. The molecule has 84 valence electrons. The standard InChI is InChI=1S/C13H15NO2/c1-13(2,3)9-4-5-10-8(6-9)7-11(15)12(16)14-10/h4-6H,7H2,1-3H3,(H,14,16). The number of hydrogen-bond acceptors (Lipinski definition) is 2. The van der Waals surface area contributed by atoms with Gasteiger partial charge in [0.15, 0.2) is 0 Å². The van der Waals surface area contributed by atoms with Gasteiger partial charge in [0.05, 0.1) is 0 Å². The number of carbonyl (C=O) groups excluding carboxylic acids is 2. The van der Waals surface area contributed by atoms with Crippen LogP contribution < -0.4 is 5.32 Å². The van der Waals surface area contributed by atoms with Crippen molar-refractivity contribution in [2.75, 3.05) is 5.32 Å². The van der Waals surface area contributed by atoms with E-state index in [1.54, 1.807) is 0 Å². The summed E-state index contributed by atoms with van der Waals surface area (Å²) in [6.07, 6.45) is 0.213. The fraction of sp³-hybridized carbons (Fsp3) is 0.385. The number of carbonyl (C=O) groups is 2. The number of amides is 1. The van der Waals surface area contributed by atoms with Gasteiger partial charge in [-0.2, -0.15) is 0 Å². The summed E-state index contributed by atoms with van der Waals surface area (Å²) >= 11 is 0. The number of rotatable bonds is 0. The zero-order valence-electron chi connectivity index (χ0n) is 9.76. The highest BCUT2D eigenvalue weighted by Gasteiger charge is 2.24. The molecule has 0 aromatic heterocycles. The first-order valence-corrected chi connectivity index (χ1v) is 5.35. The Hall–Kier alpha value is -1.64. The van der Waals surface area contributed by atoms with Crippen molar-refractivity contribution in [3.05, 3.63) is 29.3 Å². The van der Waals surface area contributed by atoms with E-state index in [2.05, 4.69) is 26.1 Å². The molecule has 1 aliphatic heterocycles. The van der Waals surface area contributed by atoms with E-state index < -0.39 is 5.91 Å². The lowest BCUT2D eigenvalue weighted by Gasteiger charge is -2.23. The molecule has 0 aliphatic carbocycles.